The second-order valence-electron chi connectivity index (χ2n) is 5.23. The maximum atomic E-state index is 6.23. The van der Waals surface area contributed by atoms with Gasteiger partial charge in [0.15, 0.2) is 0 Å². The van der Waals surface area contributed by atoms with Gasteiger partial charge in [0.05, 0.1) is 0 Å². The maximum absolute atomic E-state index is 6.23. The highest BCUT2D eigenvalue weighted by atomic mass is 14.6. The summed E-state index contributed by atoms with van der Waals surface area (Å²) in [5.41, 5.74) is 16.9. The van der Waals surface area contributed by atoms with E-state index in [0.29, 0.717) is 0 Å². The third-order valence-corrected chi connectivity index (χ3v) is 3.73. The van der Waals surface area contributed by atoms with Gasteiger partial charge in [0.2, 0.25) is 0 Å². The van der Waals surface area contributed by atoms with Crippen LogP contribution in [0.1, 0.15) is 30.5 Å². The zero-order valence-electron chi connectivity index (χ0n) is 11.2. The normalized spacial score (nSPS) is 11.5. The van der Waals surface area contributed by atoms with Crippen LogP contribution in [0.25, 0.3) is 0 Å². The Morgan fingerprint density at radius 3 is 2.11 bits per heavy atom. The fraction of sp³-hybridized carbons (Fsp3) is 0.250. The molecule has 0 aliphatic carbocycles. The molecule has 2 nitrogen and oxygen atoms in total. The lowest BCUT2D eigenvalue weighted by molar-refractivity contribution is 0.643. The smallest absolute Gasteiger partial charge is 0.0405 e. The van der Waals surface area contributed by atoms with E-state index in [1.54, 1.807) is 0 Å². The van der Waals surface area contributed by atoms with Crippen LogP contribution in [0.4, 0.5) is 11.4 Å². The van der Waals surface area contributed by atoms with Crippen LogP contribution in [0.3, 0.4) is 0 Å². The minimum absolute atomic E-state index is 0.121. The molecule has 94 valence electrons. The number of hydrogen-bond acceptors (Lipinski definition) is 2. The molecule has 0 saturated heterocycles. The van der Waals surface area contributed by atoms with Gasteiger partial charge >= 0.3 is 0 Å². The van der Waals surface area contributed by atoms with Crippen molar-refractivity contribution in [2.24, 2.45) is 0 Å². The molecule has 2 rings (SSSR count). The summed E-state index contributed by atoms with van der Waals surface area (Å²) >= 11 is 0. The summed E-state index contributed by atoms with van der Waals surface area (Å²) in [4.78, 5) is 0. The molecule has 0 unspecified atom stereocenters. The summed E-state index contributed by atoms with van der Waals surface area (Å²) in [7, 11) is 0. The first-order valence-corrected chi connectivity index (χ1v) is 6.15. The second-order valence-corrected chi connectivity index (χ2v) is 5.23. The van der Waals surface area contributed by atoms with Crippen LogP contribution in [0.2, 0.25) is 0 Å². The Morgan fingerprint density at radius 1 is 0.889 bits per heavy atom. The van der Waals surface area contributed by atoms with Crippen LogP contribution in [-0.4, -0.2) is 0 Å². The molecular formula is C16H20N2. The quantitative estimate of drug-likeness (QED) is 0.789. The molecule has 0 amide bonds. The van der Waals surface area contributed by atoms with Crippen molar-refractivity contribution in [3.8, 4) is 0 Å². The van der Waals surface area contributed by atoms with Gasteiger partial charge in [0, 0.05) is 16.8 Å². The highest BCUT2D eigenvalue weighted by Gasteiger charge is 2.25. The van der Waals surface area contributed by atoms with Gasteiger partial charge in [-0.2, -0.15) is 0 Å². The summed E-state index contributed by atoms with van der Waals surface area (Å²) in [6, 6.07) is 14.4. The van der Waals surface area contributed by atoms with Gasteiger partial charge in [-0.05, 0) is 29.7 Å². The molecule has 0 heterocycles. The predicted molar refractivity (Wildman–Crippen MR) is 78.6 cm³/mol. The molecule has 18 heavy (non-hydrogen) atoms. The van der Waals surface area contributed by atoms with E-state index in [2.05, 4.69) is 38.1 Å². The largest absolute Gasteiger partial charge is 0.398 e. The molecule has 0 aliphatic heterocycles. The standard InChI is InChI=1S/C16H20N2/c1-11-14(17)10-9-13(15(11)18)16(2,3)12-7-5-4-6-8-12/h4-10H,17-18H2,1-3H3. The van der Waals surface area contributed by atoms with Gasteiger partial charge in [-0.3, -0.25) is 0 Å². The lowest BCUT2D eigenvalue weighted by Gasteiger charge is -2.28. The van der Waals surface area contributed by atoms with Gasteiger partial charge in [-0.1, -0.05) is 50.2 Å². The molecule has 2 aromatic carbocycles. The van der Waals surface area contributed by atoms with E-state index >= 15 is 0 Å². The Bertz CT molecular complexity index is 557. The van der Waals surface area contributed by atoms with E-state index in [1.165, 1.54) is 5.56 Å². The van der Waals surface area contributed by atoms with Crippen LogP contribution in [0.5, 0.6) is 0 Å². The molecule has 2 aromatic rings. The van der Waals surface area contributed by atoms with E-state index in [0.717, 1.165) is 22.5 Å². The Labute approximate surface area is 109 Å². The number of hydrogen-bond donors (Lipinski definition) is 2. The zero-order chi connectivity index (χ0) is 13.3. The van der Waals surface area contributed by atoms with Crippen molar-refractivity contribution < 1.29 is 0 Å². The first-order chi connectivity index (χ1) is 8.44. The monoisotopic (exact) mass is 240 g/mol. The molecule has 0 spiro atoms. The Balaban J connectivity index is 2.58. The van der Waals surface area contributed by atoms with Crippen molar-refractivity contribution in [1.29, 1.82) is 0 Å². The Morgan fingerprint density at radius 2 is 1.50 bits per heavy atom. The number of anilines is 2. The van der Waals surface area contributed by atoms with Crippen LogP contribution in [0, 0.1) is 6.92 Å². The van der Waals surface area contributed by atoms with Gasteiger partial charge in [-0.15, -0.1) is 0 Å². The molecule has 0 aliphatic rings. The topological polar surface area (TPSA) is 52.0 Å². The van der Waals surface area contributed by atoms with E-state index in [1.807, 2.05) is 25.1 Å². The van der Waals surface area contributed by atoms with Gasteiger partial charge in [0.25, 0.3) is 0 Å². The van der Waals surface area contributed by atoms with Crippen LogP contribution in [-0.2, 0) is 5.41 Å². The fourth-order valence-electron chi connectivity index (χ4n) is 2.30. The second kappa shape index (κ2) is 4.37. The molecule has 0 aromatic heterocycles. The van der Waals surface area contributed by atoms with Gasteiger partial charge in [-0.25, -0.2) is 0 Å². The van der Waals surface area contributed by atoms with Crippen molar-refractivity contribution in [3.63, 3.8) is 0 Å². The average molecular weight is 240 g/mol. The lowest BCUT2D eigenvalue weighted by atomic mass is 9.76. The number of benzene rings is 2. The third-order valence-electron chi connectivity index (χ3n) is 3.73. The third kappa shape index (κ3) is 1.94. The average Bonchev–Trinajstić information content (AvgIpc) is 2.37. The SMILES string of the molecule is Cc1c(N)ccc(C(C)(C)c2ccccc2)c1N. The van der Waals surface area contributed by atoms with Crippen molar-refractivity contribution in [2.75, 3.05) is 11.5 Å². The Hall–Kier alpha value is -1.96. The van der Waals surface area contributed by atoms with E-state index in [9.17, 15) is 0 Å². The van der Waals surface area contributed by atoms with E-state index in [-0.39, 0.29) is 5.41 Å². The molecule has 0 radical (unpaired) electrons. The van der Waals surface area contributed by atoms with Gasteiger partial charge in [0.1, 0.15) is 0 Å². The Kier molecular flexibility index (Phi) is 3.04. The number of nitrogen functional groups attached to an aromatic ring is 2. The molecule has 0 fully saturated rings. The van der Waals surface area contributed by atoms with Crippen molar-refractivity contribution >= 4 is 11.4 Å². The summed E-state index contributed by atoms with van der Waals surface area (Å²) in [5, 5.41) is 0. The zero-order valence-corrected chi connectivity index (χ0v) is 11.2. The predicted octanol–water partition coefficient (Wildman–Crippen LogP) is 3.49. The van der Waals surface area contributed by atoms with Gasteiger partial charge < -0.3 is 11.5 Å². The van der Waals surface area contributed by atoms with Crippen molar-refractivity contribution in [2.45, 2.75) is 26.2 Å². The molecular weight excluding hydrogens is 220 g/mol. The minimum Gasteiger partial charge on any atom is -0.398 e. The van der Waals surface area contributed by atoms with Crippen LogP contribution in [0.15, 0.2) is 42.5 Å². The van der Waals surface area contributed by atoms with Crippen molar-refractivity contribution in [1.82, 2.24) is 0 Å². The summed E-state index contributed by atoms with van der Waals surface area (Å²) in [6.45, 7) is 6.34. The summed E-state index contributed by atoms with van der Waals surface area (Å²) in [5.74, 6) is 0. The molecule has 0 atom stereocenters. The van der Waals surface area contributed by atoms with Crippen LogP contribution < -0.4 is 11.5 Å². The number of rotatable bonds is 2. The highest BCUT2D eigenvalue weighted by Crippen LogP contribution is 2.37. The highest BCUT2D eigenvalue weighted by molar-refractivity contribution is 5.67. The van der Waals surface area contributed by atoms with Crippen LogP contribution >= 0.6 is 0 Å². The van der Waals surface area contributed by atoms with E-state index in [4.69, 9.17) is 11.5 Å². The first-order valence-electron chi connectivity index (χ1n) is 6.15. The summed E-state index contributed by atoms with van der Waals surface area (Å²) in [6.07, 6.45) is 0. The lowest BCUT2D eigenvalue weighted by Crippen LogP contribution is -2.21. The van der Waals surface area contributed by atoms with Crippen molar-refractivity contribution in [3.05, 3.63) is 59.2 Å². The number of nitrogens with two attached hydrogens (primary N) is 2. The molecule has 4 N–H and O–H groups in total. The molecule has 0 bridgehead atoms. The fourth-order valence-corrected chi connectivity index (χ4v) is 2.30. The first kappa shape index (κ1) is 12.5. The maximum Gasteiger partial charge on any atom is 0.0405 e. The van der Waals surface area contributed by atoms with E-state index < -0.39 is 0 Å². The molecule has 2 heteroatoms. The minimum atomic E-state index is -0.121. The summed E-state index contributed by atoms with van der Waals surface area (Å²) < 4.78 is 0. The molecule has 0 saturated carbocycles.